The minimum atomic E-state index is -1.09. The van der Waals surface area contributed by atoms with E-state index in [2.05, 4.69) is 5.32 Å². The first-order valence-electron chi connectivity index (χ1n) is 7.37. The quantitative estimate of drug-likeness (QED) is 0.893. The average molecular weight is 289 g/mol. The summed E-state index contributed by atoms with van der Waals surface area (Å²) in [6.07, 6.45) is 3.18. The molecule has 1 aromatic carbocycles. The maximum Gasteiger partial charge on any atom is 0.408 e. The van der Waals surface area contributed by atoms with E-state index in [-0.39, 0.29) is 18.4 Å². The van der Waals surface area contributed by atoms with Crippen molar-refractivity contribution in [2.45, 2.75) is 37.8 Å². The second-order valence-corrected chi connectivity index (χ2v) is 5.86. The molecular formula is C16H19NO4. The Kier molecular flexibility index (Phi) is 3.57. The Hall–Kier alpha value is -2.04. The molecule has 21 heavy (non-hydrogen) atoms. The lowest BCUT2D eigenvalue weighted by atomic mass is 10.0. The summed E-state index contributed by atoms with van der Waals surface area (Å²) < 4.78 is 5.15. The van der Waals surface area contributed by atoms with Crippen LogP contribution in [0.4, 0.5) is 4.79 Å². The van der Waals surface area contributed by atoms with Crippen molar-refractivity contribution in [1.82, 2.24) is 5.32 Å². The molecule has 5 nitrogen and oxygen atoms in total. The fraction of sp³-hybridized carbons (Fsp3) is 0.500. The van der Waals surface area contributed by atoms with Crippen molar-refractivity contribution in [2.75, 3.05) is 0 Å². The minimum Gasteiger partial charge on any atom is -0.479 e. The molecule has 2 fully saturated rings. The van der Waals surface area contributed by atoms with Gasteiger partial charge in [0.2, 0.25) is 0 Å². The second kappa shape index (κ2) is 5.39. The molecule has 1 amide bonds. The Morgan fingerprint density at radius 1 is 1.19 bits per heavy atom. The zero-order valence-corrected chi connectivity index (χ0v) is 11.7. The molecule has 2 atom stereocenters. The van der Waals surface area contributed by atoms with Crippen LogP contribution in [0.1, 0.15) is 31.2 Å². The highest BCUT2D eigenvalue weighted by molar-refractivity contribution is 5.89. The van der Waals surface area contributed by atoms with E-state index in [0.29, 0.717) is 0 Å². The van der Waals surface area contributed by atoms with Crippen LogP contribution in [-0.2, 0) is 16.1 Å². The van der Waals surface area contributed by atoms with E-state index in [1.165, 1.54) is 0 Å². The van der Waals surface area contributed by atoms with Crippen LogP contribution in [0.15, 0.2) is 30.3 Å². The zero-order valence-electron chi connectivity index (χ0n) is 11.7. The number of carboxylic acids is 1. The average Bonchev–Trinajstić information content (AvgIpc) is 3.16. The van der Waals surface area contributed by atoms with Crippen molar-refractivity contribution in [1.29, 1.82) is 0 Å². The molecule has 0 aromatic heterocycles. The van der Waals surface area contributed by atoms with E-state index in [1.54, 1.807) is 0 Å². The van der Waals surface area contributed by atoms with Gasteiger partial charge in [-0.05, 0) is 30.2 Å². The highest BCUT2D eigenvalue weighted by atomic mass is 16.5. The van der Waals surface area contributed by atoms with E-state index >= 15 is 0 Å². The van der Waals surface area contributed by atoms with Gasteiger partial charge >= 0.3 is 12.1 Å². The summed E-state index contributed by atoms with van der Waals surface area (Å²) in [5.41, 5.74) is -0.213. The SMILES string of the molecule is O=C(NC1(C(=O)O)C2CCCCC21)OCc1ccccc1. The number of alkyl carbamates (subject to hydrolysis) is 1. The molecule has 0 bridgehead atoms. The maximum atomic E-state index is 11.9. The van der Waals surface area contributed by atoms with Crippen molar-refractivity contribution >= 4 is 12.1 Å². The van der Waals surface area contributed by atoms with Crippen LogP contribution >= 0.6 is 0 Å². The fourth-order valence-electron chi connectivity index (χ4n) is 3.61. The lowest BCUT2D eigenvalue weighted by molar-refractivity contribution is -0.141. The predicted molar refractivity (Wildman–Crippen MR) is 75.6 cm³/mol. The molecule has 0 radical (unpaired) electrons. The van der Waals surface area contributed by atoms with Crippen LogP contribution in [0.5, 0.6) is 0 Å². The minimum absolute atomic E-state index is 0.0630. The molecule has 2 aliphatic carbocycles. The van der Waals surface area contributed by atoms with Crippen molar-refractivity contribution in [2.24, 2.45) is 11.8 Å². The number of fused-ring (bicyclic) bond motifs is 1. The Labute approximate surface area is 123 Å². The number of carboxylic acid groups (broad SMARTS) is 1. The normalized spacial score (nSPS) is 30.1. The maximum absolute atomic E-state index is 11.9. The summed E-state index contributed by atoms with van der Waals surface area (Å²) in [5, 5.41) is 12.1. The first-order valence-corrected chi connectivity index (χ1v) is 7.37. The molecule has 3 rings (SSSR count). The summed E-state index contributed by atoms with van der Waals surface area (Å²) in [7, 11) is 0. The van der Waals surface area contributed by atoms with Crippen LogP contribution in [0.3, 0.4) is 0 Å². The third-order valence-electron chi connectivity index (χ3n) is 4.70. The molecule has 0 spiro atoms. The lowest BCUT2D eigenvalue weighted by Crippen LogP contribution is -2.46. The monoisotopic (exact) mass is 289 g/mol. The van der Waals surface area contributed by atoms with Crippen molar-refractivity contribution in [3.05, 3.63) is 35.9 Å². The Morgan fingerprint density at radius 3 is 2.38 bits per heavy atom. The molecule has 2 unspecified atom stereocenters. The van der Waals surface area contributed by atoms with Gasteiger partial charge in [0.25, 0.3) is 0 Å². The van der Waals surface area contributed by atoms with E-state index in [0.717, 1.165) is 31.2 Å². The summed E-state index contributed by atoms with van der Waals surface area (Å²) in [4.78, 5) is 23.5. The van der Waals surface area contributed by atoms with Crippen LogP contribution in [0.25, 0.3) is 0 Å². The van der Waals surface area contributed by atoms with Gasteiger partial charge in [0.15, 0.2) is 0 Å². The van der Waals surface area contributed by atoms with E-state index in [4.69, 9.17) is 4.74 Å². The number of nitrogens with one attached hydrogen (secondary N) is 1. The lowest BCUT2D eigenvalue weighted by Gasteiger charge is -2.15. The Morgan fingerprint density at radius 2 is 1.81 bits per heavy atom. The van der Waals surface area contributed by atoms with E-state index in [1.807, 2.05) is 30.3 Å². The summed E-state index contributed by atoms with van der Waals surface area (Å²) >= 11 is 0. The zero-order chi connectivity index (χ0) is 14.9. The number of ether oxygens (including phenoxy) is 1. The smallest absolute Gasteiger partial charge is 0.408 e. The number of benzene rings is 1. The molecule has 5 heteroatoms. The summed E-state index contributed by atoms with van der Waals surface area (Å²) in [5.74, 6) is -0.808. The third kappa shape index (κ3) is 2.48. The number of hydrogen-bond acceptors (Lipinski definition) is 3. The van der Waals surface area contributed by atoms with Crippen molar-refractivity contribution in [3.8, 4) is 0 Å². The van der Waals surface area contributed by atoms with E-state index in [9.17, 15) is 14.7 Å². The largest absolute Gasteiger partial charge is 0.479 e. The molecule has 1 aromatic rings. The number of rotatable bonds is 4. The van der Waals surface area contributed by atoms with Crippen LogP contribution in [0.2, 0.25) is 0 Å². The third-order valence-corrected chi connectivity index (χ3v) is 4.70. The molecule has 2 saturated carbocycles. The van der Waals surface area contributed by atoms with Crippen LogP contribution in [0, 0.1) is 11.8 Å². The van der Waals surface area contributed by atoms with Gasteiger partial charge in [-0.15, -0.1) is 0 Å². The molecule has 0 aliphatic heterocycles. The van der Waals surface area contributed by atoms with Crippen LogP contribution < -0.4 is 5.32 Å². The van der Waals surface area contributed by atoms with Gasteiger partial charge in [0.1, 0.15) is 12.1 Å². The van der Waals surface area contributed by atoms with Gasteiger partial charge in [0, 0.05) is 0 Å². The molecule has 0 heterocycles. The number of amides is 1. The summed E-state index contributed by atoms with van der Waals surface area (Å²) in [6, 6.07) is 9.34. The number of carbonyl (C=O) groups excluding carboxylic acids is 1. The second-order valence-electron chi connectivity index (χ2n) is 5.86. The molecule has 2 aliphatic rings. The number of aliphatic carboxylic acids is 1. The van der Waals surface area contributed by atoms with Gasteiger partial charge in [-0.25, -0.2) is 9.59 Å². The van der Waals surface area contributed by atoms with E-state index < -0.39 is 17.6 Å². The molecule has 2 N–H and O–H groups in total. The predicted octanol–water partition coefficient (Wildman–Crippen LogP) is 2.56. The van der Waals surface area contributed by atoms with Gasteiger partial charge in [-0.2, -0.15) is 0 Å². The standard InChI is InChI=1S/C16H19NO4/c18-14(19)16(12-8-4-5-9-13(12)16)17-15(20)21-10-11-6-2-1-3-7-11/h1-3,6-7,12-13H,4-5,8-10H2,(H,17,20)(H,18,19). The van der Waals surface area contributed by atoms with Crippen molar-refractivity contribution in [3.63, 3.8) is 0 Å². The highest BCUT2D eigenvalue weighted by Crippen LogP contribution is 2.58. The molecule has 0 saturated heterocycles. The Bertz CT molecular complexity index is 530. The topological polar surface area (TPSA) is 75.6 Å². The van der Waals surface area contributed by atoms with Gasteiger partial charge in [-0.3, -0.25) is 0 Å². The first-order chi connectivity index (χ1) is 10.1. The van der Waals surface area contributed by atoms with Gasteiger partial charge < -0.3 is 15.2 Å². The van der Waals surface area contributed by atoms with Gasteiger partial charge in [-0.1, -0.05) is 43.2 Å². The molecule has 112 valence electrons. The summed E-state index contributed by atoms with van der Waals surface area (Å²) in [6.45, 7) is 0.151. The van der Waals surface area contributed by atoms with Crippen LogP contribution in [-0.4, -0.2) is 22.7 Å². The first kappa shape index (κ1) is 13.9. The fourth-order valence-corrected chi connectivity index (χ4v) is 3.61. The molecular weight excluding hydrogens is 270 g/mol. The van der Waals surface area contributed by atoms with Gasteiger partial charge in [0.05, 0.1) is 0 Å². The number of hydrogen-bond donors (Lipinski definition) is 2. The highest BCUT2D eigenvalue weighted by Gasteiger charge is 2.71. The number of carbonyl (C=O) groups is 2. The Balaban J connectivity index is 1.60. The van der Waals surface area contributed by atoms with Crippen molar-refractivity contribution < 1.29 is 19.4 Å².